The van der Waals surface area contributed by atoms with E-state index in [1.807, 2.05) is 32.0 Å². The standard InChI is InChI=1S/C18H27N3O2S/c1-13(2)23-17-11-14(9-10-16(17)22-3)12-19-21-18(24)20-15-7-5-4-6-8-15/h9-13,15H,4-8H2,1-3H3,(H2,20,21,24)/b19-12-. The van der Waals surface area contributed by atoms with Crippen LogP contribution in [0.25, 0.3) is 0 Å². The van der Waals surface area contributed by atoms with Gasteiger partial charge in [0.25, 0.3) is 0 Å². The number of benzene rings is 1. The summed E-state index contributed by atoms with van der Waals surface area (Å²) in [6.07, 6.45) is 8.04. The van der Waals surface area contributed by atoms with E-state index < -0.39 is 0 Å². The van der Waals surface area contributed by atoms with Crippen LogP contribution in [0.4, 0.5) is 0 Å². The molecule has 0 spiro atoms. The van der Waals surface area contributed by atoms with E-state index >= 15 is 0 Å². The molecule has 1 aromatic carbocycles. The Balaban J connectivity index is 1.89. The zero-order valence-electron chi connectivity index (χ0n) is 14.7. The number of hydrogen-bond donors (Lipinski definition) is 2. The van der Waals surface area contributed by atoms with Gasteiger partial charge in [0.05, 0.1) is 19.4 Å². The van der Waals surface area contributed by atoms with Crippen molar-refractivity contribution in [2.45, 2.75) is 58.1 Å². The average Bonchev–Trinajstić information content (AvgIpc) is 2.55. The van der Waals surface area contributed by atoms with E-state index in [2.05, 4.69) is 15.8 Å². The molecule has 0 saturated heterocycles. The van der Waals surface area contributed by atoms with Crippen LogP contribution in [-0.4, -0.2) is 30.6 Å². The van der Waals surface area contributed by atoms with Crippen molar-refractivity contribution in [3.8, 4) is 11.5 Å². The molecule has 2 rings (SSSR count). The number of hydrogen-bond acceptors (Lipinski definition) is 4. The number of nitrogens with one attached hydrogen (secondary N) is 2. The van der Waals surface area contributed by atoms with Crippen LogP contribution in [0.5, 0.6) is 11.5 Å². The molecular weight excluding hydrogens is 322 g/mol. The molecule has 132 valence electrons. The number of thiocarbonyl (C=S) groups is 1. The first kappa shape index (κ1) is 18.5. The summed E-state index contributed by atoms with van der Waals surface area (Å²) >= 11 is 5.29. The van der Waals surface area contributed by atoms with Crippen molar-refractivity contribution < 1.29 is 9.47 Å². The van der Waals surface area contributed by atoms with Crippen LogP contribution in [0.2, 0.25) is 0 Å². The molecule has 1 aromatic rings. The van der Waals surface area contributed by atoms with Crippen LogP contribution in [0.15, 0.2) is 23.3 Å². The molecular formula is C18H27N3O2S. The van der Waals surface area contributed by atoms with Crippen molar-refractivity contribution in [2.75, 3.05) is 7.11 Å². The highest BCUT2D eigenvalue weighted by Crippen LogP contribution is 2.28. The Labute approximate surface area is 149 Å². The smallest absolute Gasteiger partial charge is 0.187 e. The number of ether oxygens (including phenoxy) is 2. The van der Waals surface area contributed by atoms with Gasteiger partial charge in [0.1, 0.15) is 0 Å². The molecule has 0 unspecified atom stereocenters. The van der Waals surface area contributed by atoms with E-state index in [4.69, 9.17) is 21.7 Å². The highest BCUT2D eigenvalue weighted by Gasteiger charge is 2.13. The summed E-state index contributed by atoms with van der Waals surface area (Å²) in [7, 11) is 1.63. The average molecular weight is 350 g/mol. The maximum atomic E-state index is 5.76. The number of hydrazone groups is 1. The van der Waals surface area contributed by atoms with Gasteiger partial charge in [-0.25, -0.2) is 0 Å². The molecule has 0 aliphatic heterocycles. The fourth-order valence-corrected chi connectivity index (χ4v) is 2.97. The summed E-state index contributed by atoms with van der Waals surface area (Å²) in [6.45, 7) is 3.97. The van der Waals surface area contributed by atoms with Gasteiger partial charge in [-0.15, -0.1) is 0 Å². The molecule has 0 amide bonds. The molecule has 0 bridgehead atoms. The topological polar surface area (TPSA) is 54.9 Å². The second-order valence-corrected chi connectivity index (χ2v) is 6.66. The number of nitrogens with zero attached hydrogens (tertiary/aromatic N) is 1. The fraction of sp³-hybridized carbons (Fsp3) is 0.556. The van der Waals surface area contributed by atoms with Crippen molar-refractivity contribution in [3.05, 3.63) is 23.8 Å². The zero-order chi connectivity index (χ0) is 17.4. The summed E-state index contributed by atoms with van der Waals surface area (Å²) in [4.78, 5) is 0. The second kappa shape index (κ2) is 9.47. The molecule has 2 N–H and O–H groups in total. The maximum Gasteiger partial charge on any atom is 0.187 e. The molecule has 0 radical (unpaired) electrons. The minimum Gasteiger partial charge on any atom is -0.493 e. The van der Waals surface area contributed by atoms with Crippen LogP contribution in [0, 0.1) is 0 Å². The minimum atomic E-state index is 0.0801. The predicted octanol–water partition coefficient (Wildman–Crippen LogP) is 3.61. The third-order valence-electron chi connectivity index (χ3n) is 3.87. The Kier molecular flexibility index (Phi) is 7.31. The Hall–Kier alpha value is -1.82. The van der Waals surface area contributed by atoms with Crippen molar-refractivity contribution in [1.82, 2.24) is 10.7 Å². The SMILES string of the molecule is COc1ccc(/C=N\NC(=S)NC2CCCCC2)cc1OC(C)C. The van der Waals surface area contributed by atoms with Gasteiger partial charge in [-0.1, -0.05) is 19.3 Å². The van der Waals surface area contributed by atoms with Gasteiger partial charge < -0.3 is 14.8 Å². The van der Waals surface area contributed by atoms with Crippen LogP contribution < -0.4 is 20.2 Å². The lowest BCUT2D eigenvalue weighted by molar-refractivity contribution is 0.230. The largest absolute Gasteiger partial charge is 0.493 e. The van der Waals surface area contributed by atoms with Crippen molar-refractivity contribution in [1.29, 1.82) is 0 Å². The summed E-state index contributed by atoms with van der Waals surface area (Å²) in [5.41, 5.74) is 3.80. The van der Waals surface area contributed by atoms with Crippen LogP contribution in [0.3, 0.4) is 0 Å². The molecule has 1 saturated carbocycles. The number of methoxy groups -OCH3 is 1. The molecule has 0 atom stereocenters. The summed E-state index contributed by atoms with van der Waals surface area (Å²) in [6, 6.07) is 6.18. The van der Waals surface area contributed by atoms with Gasteiger partial charge in [0.15, 0.2) is 16.6 Å². The van der Waals surface area contributed by atoms with E-state index in [1.54, 1.807) is 13.3 Å². The lowest BCUT2D eigenvalue weighted by Crippen LogP contribution is -2.40. The second-order valence-electron chi connectivity index (χ2n) is 6.26. The molecule has 6 heteroatoms. The van der Waals surface area contributed by atoms with Gasteiger partial charge in [-0.2, -0.15) is 5.10 Å². The lowest BCUT2D eigenvalue weighted by atomic mass is 9.96. The van der Waals surface area contributed by atoms with Crippen LogP contribution in [0.1, 0.15) is 51.5 Å². The third-order valence-corrected chi connectivity index (χ3v) is 4.08. The fourth-order valence-electron chi connectivity index (χ4n) is 2.75. The summed E-state index contributed by atoms with van der Waals surface area (Å²) < 4.78 is 11.1. The molecule has 5 nitrogen and oxygen atoms in total. The molecule has 0 heterocycles. The van der Waals surface area contributed by atoms with E-state index in [1.165, 1.54) is 32.1 Å². The van der Waals surface area contributed by atoms with Crippen molar-refractivity contribution >= 4 is 23.5 Å². The van der Waals surface area contributed by atoms with Gasteiger partial charge >= 0.3 is 0 Å². The van der Waals surface area contributed by atoms with Gasteiger partial charge in [0, 0.05) is 6.04 Å². The first-order chi connectivity index (χ1) is 11.6. The first-order valence-corrected chi connectivity index (χ1v) is 8.93. The minimum absolute atomic E-state index is 0.0801. The van der Waals surface area contributed by atoms with Crippen LogP contribution >= 0.6 is 12.2 Å². The molecule has 24 heavy (non-hydrogen) atoms. The van der Waals surface area contributed by atoms with E-state index in [9.17, 15) is 0 Å². The Morgan fingerprint density at radius 1 is 1.25 bits per heavy atom. The zero-order valence-corrected chi connectivity index (χ0v) is 15.5. The first-order valence-electron chi connectivity index (χ1n) is 8.52. The van der Waals surface area contributed by atoms with Gasteiger partial charge in [-0.05, 0) is 62.7 Å². The molecule has 0 aromatic heterocycles. The highest BCUT2D eigenvalue weighted by molar-refractivity contribution is 7.80. The Morgan fingerprint density at radius 3 is 2.67 bits per heavy atom. The maximum absolute atomic E-state index is 5.76. The molecule has 1 aliphatic carbocycles. The lowest BCUT2D eigenvalue weighted by Gasteiger charge is -2.23. The molecule has 1 aliphatic rings. The quantitative estimate of drug-likeness (QED) is 0.467. The Morgan fingerprint density at radius 2 is 2.00 bits per heavy atom. The van der Waals surface area contributed by atoms with E-state index in [-0.39, 0.29) is 6.10 Å². The highest BCUT2D eigenvalue weighted by atomic mass is 32.1. The normalized spacial score (nSPS) is 15.5. The van der Waals surface area contributed by atoms with E-state index in [0.29, 0.717) is 22.7 Å². The summed E-state index contributed by atoms with van der Waals surface area (Å²) in [5, 5.41) is 8.10. The Bertz CT molecular complexity index is 569. The van der Waals surface area contributed by atoms with E-state index in [0.717, 1.165) is 5.56 Å². The van der Waals surface area contributed by atoms with Crippen LogP contribution in [-0.2, 0) is 0 Å². The summed E-state index contributed by atoms with van der Waals surface area (Å²) in [5.74, 6) is 1.42. The third kappa shape index (κ3) is 6.00. The predicted molar refractivity (Wildman–Crippen MR) is 102 cm³/mol. The van der Waals surface area contributed by atoms with Crippen molar-refractivity contribution in [2.24, 2.45) is 5.10 Å². The van der Waals surface area contributed by atoms with Gasteiger partial charge in [-0.3, -0.25) is 5.43 Å². The number of rotatable bonds is 6. The molecule has 1 fully saturated rings. The van der Waals surface area contributed by atoms with Gasteiger partial charge in [0.2, 0.25) is 0 Å². The van der Waals surface area contributed by atoms with Crippen molar-refractivity contribution in [3.63, 3.8) is 0 Å². The monoisotopic (exact) mass is 349 g/mol.